The Morgan fingerprint density at radius 3 is 2.29 bits per heavy atom. The summed E-state index contributed by atoms with van der Waals surface area (Å²) in [5, 5.41) is 3.15. The molecule has 0 heterocycles. The van der Waals surface area contributed by atoms with Gasteiger partial charge in [-0.3, -0.25) is 4.79 Å². The zero-order chi connectivity index (χ0) is 17.9. The monoisotopic (exact) mass is 351 g/mol. The summed E-state index contributed by atoms with van der Waals surface area (Å²) in [5.74, 6) is 1.00. The minimum atomic E-state index is 0.136. The molecule has 1 amide bonds. The van der Waals surface area contributed by atoms with Gasteiger partial charge in [0.25, 0.3) is 0 Å². The number of carbonyl (C=O) groups is 1. The highest BCUT2D eigenvalue weighted by Crippen LogP contribution is 2.29. The number of amides is 1. The minimum absolute atomic E-state index is 0.136. The number of methoxy groups -OCH3 is 1. The van der Waals surface area contributed by atoms with Gasteiger partial charge in [0.2, 0.25) is 5.91 Å². The van der Waals surface area contributed by atoms with E-state index in [1.54, 1.807) is 7.11 Å². The third kappa shape index (κ3) is 6.81. The lowest BCUT2D eigenvalue weighted by Gasteiger charge is -2.18. The Morgan fingerprint density at radius 1 is 1.12 bits per heavy atom. The molecule has 0 aliphatic carbocycles. The maximum absolute atomic E-state index is 12.6. The second-order valence-corrected chi connectivity index (χ2v) is 8.06. The number of nitrogens with one attached hydrogen (secondary N) is 1. The molecule has 0 fully saturated rings. The van der Waals surface area contributed by atoms with Crippen molar-refractivity contribution in [1.82, 2.24) is 0 Å². The average Bonchev–Trinajstić information content (AvgIpc) is 2.57. The van der Waals surface area contributed by atoms with Crippen molar-refractivity contribution in [3.63, 3.8) is 0 Å². The van der Waals surface area contributed by atoms with E-state index >= 15 is 0 Å². The van der Waals surface area contributed by atoms with Crippen LogP contribution in [0.3, 0.4) is 0 Å². The lowest BCUT2D eigenvalue weighted by Crippen LogP contribution is -2.25. The van der Waals surface area contributed by atoms with E-state index in [4.69, 9.17) is 4.74 Å². The predicted octanol–water partition coefficient (Wildman–Crippen LogP) is 5.68. The molecule has 1 aromatic rings. The Kier molecular flexibility index (Phi) is 10.0. The molecule has 0 saturated heterocycles. The topological polar surface area (TPSA) is 38.3 Å². The molecule has 136 valence electrons. The Labute approximate surface area is 149 Å². The number of anilines is 1. The van der Waals surface area contributed by atoms with Gasteiger partial charge in [0.15, 0.2) is 0 Å². The first kappa shape index (κ1) is 21.0. The van der Waals surface area contributed by atoms with Crippen LogP contribution in [0.25, 0.3) is 0 Å². The van der Waals surface area contributed by atoms with Gasteiger partial charge in [-0.05, 0) is 56.1 Å². The highest BCUT2D eigenvalue weighted by atomic mass is 31.1. The van der Waals surface area contributed by atoms with E-state index in [1.165, 1.54) is 38.3 Å². The summed E-state index contributed by atoms with van der Waals surface area (Å²) in [6.45, 7) is 8.38. The lowest BCUT2D eigenvalue weighted by molar-refractivity contribution is -0.115. The van der Waals surface area contributed by atoms with Gasteiger partial charge >= 0.3 is 0 Å². The van der Waals surface area contributed by atoms with Crippen LogP contribution in [0.2, 0.25) is 0 Å². The first-order valence-corrected chi connectivity index (χ1v) is 10.5. The summed E-state index contributed by atoms with van der Waals surface area (Å²) in [7, 11) is 2.39. The predicted molar refractivity (Wildman–Crippen MR) is 107 cm³/mol. The largest absolute Gasteiger partial charge is 0.497 e. The molecule has 0 saturated carbocycles. The number of carbonyl (C=O) groups excluding carboxylic acids is 1. The van der Waals surface area contributed by atoms with E-state index in [0.717, 1.165) is 37.6 Å². The molecule has 4 heteroatoms. The normalized spacial score (nSPS) is 12.5. The second kappa shape index (κ2) is 11.5. The molecule has 24 heavy (non-hydrogen) atoms. The second-order valence-electron chi connectivity index (χ2n) is 6.45. The molecule has 0 radical (unpaired) electrons. The van der Waals surface area contributed by atoms with Crippen molar-refractivity contribution in [2.75, 3.05) is 18.6 Å². The van der Waals surface area contributed by atoms with Gasteiger partial charge in [-0.1, -0.05) is 39.5 Å². The third-order valence-corrected chi connectivity index (χ3v) is 6.19. The molecule has 2 unspecified atom stereocenters. The zero-order valence-electron chi connectivity index (χ0n) is 16.0. The van der Waals surface area contributed by atoms with E-state index in [9.17, 15) is 4.79 Å². The van der Waals surface area contributed by atoms with Crippen molar-refractivity contribution in [3.05, 3.63) is 23.3 Å². The Bertz CT molecular complexity index is 493. The summed E-state index contributed by atoms with van der Waals surface area (Å²) in [4.78, 5) is 12.6. The number of hydrogen-bond acceptors (Lipinski definition) is 2. The SMILES string of the molecule is CCCCCCCPC(CC)C(=O)Nc1c(C)cc(OC)cc1C. The molecular formula is C20H34NO2P. The van der Waals surface area contributed by atoms with Crippen LogP contribution in [0, 0.1) is 13.8 Å². The van der Waals surface area contributed by atoms with Crippen LogP contribution in [-0.2, 0) is 4.79 Å². The molecule has 0 aromatic heterocycles. The third-order valence-electron chi connectivity index (χ3n) is 4.39. The fourth-order valence-corrected chi connectivity index (χ4v) is 4.23. The molecule has 0 bridgehead atoms. The van der Waals surface area contributed by atoms with Gasteiger partial charge in [0, 0.05) is 5.69 Å². The van der Waals surface area contributed by atoms with Crippen molar-refractivity contribution in [2.24, 2.45) is 0 Å². The number of aryl methyl sites for hydroxylation is 2. The van der Waals surface area contributed by atoms with Gasteiger partial charge < -0.3 is 10.1 Å². The summed E-state index contributed by atoms with van der Waals surface area (Å²) in [6.07, 6.45) is 8.58. The van der Waals surface area contributed by atoms with Crippen molar-refractivity contribution >= 4 is 20.2 Å². The van der Waals surface area contributed by atoms with Crippen LogP contribution in [0.15, 0.2) is 12.1 Å². The van der Waals surface area contributed by atoms with Gasteiger partial charge in [0.05, 0.1) is 12.8 Å². The summed E-state index contributed by atoms with van der Waals surface area (Å²) in [6, 6.07) is 3.94. The van der Waals surface area contributed by atoms with Gasteiger partial charge in [-0.15, -0.1) is 8.58 Å². The molecule has 0 aliphatic rings. The van der Waals surface area contributed by atoms with Crippen LogP contribution in [0.1, 0.15) is 63.5 Å². The van der Waals surface area contributed by atoms with Gasteiger partial charge in [0.1, 0.15) is 5.75 Å². The molecule has 3 nitrogen and oxygen atoms in total. The van der Waals surface area contributed by atoms with Crippen molar-refractivity contribution in [1.29, 1.82) is 0 Å². The van der Waals surface area contributed by atoms with E-state index < -0.39 is 0 Å². The van der Waals surface area contributed by atoms with E-state index in [-0.39, 0.29) is 11.6 Å². The molecule has 0 aliphatic heterocycles. The van der Waals surface area contributed by atoms with Gasteiger partial charge in [-0.25, -0.2) is 0 Å². The first-order chi connectivity index (χ1) is 11.5. The maximum atomic E-state index is 12.6. The van der Waals surface area contributed by atoms with Crippen molar-refractivity contribution in [3.8, 4) is 5.75 Å². The van der Waals surface area contributed by atoms with E-state index in [1.807, 2.05) is 26.0 Å². The molecule has 0 spiro atoms. The molecule has 1 N–H and O–H groups in total. The van der Waals surface area contributed by atoms with Crippen LogP contribution in [0.4, 0.5) is 5.69 Å². The molecule has 2 atom stereocenters. The summed E-state index contributed by atoms with van der Waals surface area (Å²) < 4.78 is 5.29. The van der Waals surface area contributed by atoms with E-state index in [0.29, 0.717) is 0 Å². The van der Waals surface area contributed by atoms with Crippen molar-refractivity contribution in [2.45, 2.75) is 71.9 Å². The number of unbranched alkanes of at least 4 members (excludes halogenated alkanes) is 4. The number of benzene rings is 1. The fraction of sp³-hybridized carbons (Fsp3) is 0.650. The van der Waals surface area contributed by atoms with E-state index in [2.05, 4.69) is 19.2 Å². The Hall–Kier alpha value is -1.08. The van der Waals surface area contributed by atoms with Crippen LogP contribution < -0.4 is 10.1 Å². The summed E-state index contributed by atoms with van der Waals surface area (Å²) in [5.41, 5.74) is 3.18. The number of rotatable bonds is 11. The fourth-order valence-electron chi connectivity index (χ4n) is 2.88. The smallest absolute Gasteiger partial charge is 0.231 e. The van der Waals surface area contributed by atoms with Gasteiger partial charge in [-0.2, -0.15) is 0 Å². The summed E-state index contributed by atoms with van der Waals surface area (Å²) >= 11 is 0. The maximum Gasteiger partial charge on any atom is 0.231 e. The molecular weight excluding hydrogens is 317 g/mol. The average molecular weight is 351 g/mol. The van der Waals surface area contributed by atoms with Crippen molar-refractivity contribution < 1.29 is 9.53 Å². The number of hydrogen-bond donors (Lipinski definition) is 1. The Morgan fingerprint density at radius 2 is 1.75 bits per heavy atom. The number of ether oxygens (including phenoxy) is 1. The van der Waals surface area contributed by atoms with Crippen LogP contribution in [-0.4, -0.2) is 24.8 Å². The standard InChI is InChI=1S/C20H34NO2P/c1-6-8-9-10-11-12-24-18(7-2)20(22)21-19-15(3)13-17(23-5)14-16(19)4/h13-14,18,24H,6-12H2,1-5H3,(H,21,22). The molecule has 1 rings (SSSR count). The molecule has 1 aromatic carbocycles. The van der Waals surface area contributed by atoms with Crippen LogP contribution in [0.5, 0.6) is 5.75 Å². The lowest BCUT2D eigenvalue weighted by atomic mass is 10.1. The van der Waals surface area contributed by atoms with Crippen LogP contribution >= 0.6 is 8.58 Å². The first-order valence-electron chi connectivity index (χ1n) is 9.22. The Balaban J connectivity index is 2.55. The highest BCUT2D eigenvalue weighted by Gasteiger charge is 2.18. The zero-order valence-corrected chi connectivity index (χ0v) is 17.0. The highest BCUT2D eigenvalue weighted by molar-refractivity contribution is 7.40. The quantitative estimate of drug-likeness (QED) is 0.411. The minimum Gasteiger partial charge on any atom is -0.497 e.